The van der Waals surface area contributed by atoms with Crippen LogP contribution in [-0.2, 0) is 15.1 Å². The molecular weight excluding hydrogens is 476 g/mol. The predicted octanol–water partition coefficient (Wildman–Crippen LogP) is 4.35. The van der Waals surface area contributed by atoms with E-state index in [9.17, 15) is 15.0 Å². The molecule has 1 amide bonds. The first-order chi connectivity index (χ1) is 17.3. The number of likely N-dealkylation sites (tertiary alicyclic amines) is 1. The van der Waals surface area contributed by atoms with Gasteiger partial charge in [0.2, 0.25) is 5.91 Å². The molecule has 6 nitrogen and oxygen atoms in total. The van der Waals surface area contributed by atoms with Gasteiger partial charge in [0.05, 0.1) is 11.7 Å². The molecule has 4 rings (SSSR count). The van der Waals surface area contributed by atoms with Crippen molar-refractivity contribution in [2.24, 2.45) is 17.6 Å². The largest absolute Gasteiger partial charge is 0.391 e. The molecule has 7 heteroatoms. The summed E-state index contributed by atoms with van der Waals surface area (Å²) in [5, 5.41) is 23.2. The highest BCUT2D eigenvalue weighted by Gasteiger charge is 2.44. The van der Waals surface area contributed by atoms with E-state index in [1.165, 1.54) is 0 Å². The van der Waals surface area contributed by atoms with Crippen LogP contribution < -0.4 is 5.73 Å². The average Bonchev–Trinajstić information content (AvgIpc) is 3.24. The minimum absolute atomic E-state index is 0.0443. The summed E-state index contributed by atoms with van der Waals surface area (Å²) in [5.41, 5.74) is 7.46. The SMILES string of the molecule is COCCCC[C@@](O)(c1cccc(Cl)c1-c1ccccc1)C1CCCN(C(=O)[C@H]2C[C@@H](N)[C@@H](O)C2)C1. The Morgan fingerprint density at radius 3 is 2.64 bits per heavy atom. The van der Waals surface area contributed by atoms with Crippen LogP contribution in [0.25, 0.3) is 11.1 Å². The van der Waals surface area contributed by atoms with Crippen LogP contribution in [0.1, 0.15) is 50.5 Å². The number of piperidine rings is 1. The number of hydrogen-bond donors (Lipinski definition) is 3. The summed E-state index contributed by atoms with van der Waals surface area (Å²) in [7, 11) is 1.69. The van der Waals surface area contributed by atoms with E-state index in [-0.39, 0.29) is 23.8 Å². The lowest BCUT2D eigenvalue weighted by Gasteiger charge is -2.44. The first kappa shape index (κ1) is 27.1. The summed E-state index contributed by atoms with van der Waals surface area (Å²) >= 11 is 6.75. The maximum absolute atomic E-state index is 13.4. The van der Waals surface area contributed by atoms with E-state index in [0.29, 0.717) is 44.0 Å². The Kier molecular flexibility index (Phi) is 9.07. The Balaban J connectivity index is 1.66. The van der Waals surface area contributed by atoms with Crippen LogP contribution in [0.4, 0.5) is 0 Å². The van der Waals surface area contributed by atoms with Crippen molar-refractivity contribution in [1.29, 1.82) is 0 Å². The summed E-state index contributed by atoms with van der Waals surface area (Å²) in [6.45, 7) is 1.77. The molecule has 4 N–H and O–H groups in total. The summed E-state index contributed by atoms with van der Waals surface area (Å²) in [4.78, 5) is 15.3. The van der Waals surface area contributed by atoms with Crippen LogP contribution in [0.15, 0.2) is 48.5 Å². The second-order valence-corrected chi connectivity index (χ2v) is 10.8. The standard InChI is InChI=1S/C29H39ClN2O4/c1-36-16-6-5-14-29(35,23-12-7-13-24(30)27(23)20-9-3-2-4-10-20)22-11-8-15-32(19-22)28(34)21-17-25(31)26(33)18-21/h2-4,7,9-10,12-13,21-22,25-26,33,35H,5-6,8,11,14-19,31H2,1H3/t21-,22?,25+,26-,29-/m0/s1. The number of ether oxygens (including phenoxy) is 1. The summed E-state index contributed by atoms with van der Waals surface area (Å²) in [6, 6.07) is 15.3. The van der Waals surface area contributed by atoms with Gasteiger partial charge in [0.1, 0.15) is 0 Å². The quantitative estimate of drug-likeness (QED) is 0.432. The lowest BCUT2D eigenvalue weighted by molar-refractivity contribution is -0.141. The Morgan fingerprint density at radius 1 is 1.17 bits per heavy atom. The number of aliphatic hydroxyl groups is 2. The number of rotatable bonds is 9. The maximum atomic E-state index is 13.4. The molecule has 1 aliphatic heterocycles. The summed E-state index contributed by atoms with van der Waals surface area (Å²) < 4.78 is 5.26. The van der Waals surface area contributed by atoms with Gasteiger partial charge in [-0.05, 0) is 62.1 Å². The molecule has 2 aromatic rings. The van der Waals surface area contributed by atoms with Crippen molar-refractivity contribution in [3.8, 4) is 11.1 Å². The molecule has 0 spiro atoms. The Labute approximate surface area is 219 Å². The van der Waals surface area contributed by atoms with Gasteiger partial charge in [0, 0.05) is 55.3 Å². The van der Waals surface area contributed by atoms with E-state index in [4.69, 9.17) is 22.1 Å². The molecular formula is C29H39ClN2O4. The van der Waals surface area contributed by atoms with Crippen molar-refractivity contribution in [3.05, 3.63) is 59.1 Å². The number of methoxy groups -OCH3 is 1. The van der Waals surface area contributed by atoms with E-state index < -0.39 is 11.7 Å². The molecule has 1 heterocycles. The normalized spacial score (nSPS) is 26.1. The topological polar surface area (TPSA) is 96.0 Å². The van der Waals surface area contributed by atoms with Gasteiger partial charge in [-0.3, -0.25) is 4.79 Å². The van der Waals surface area contributed by atoms with Crippen LogP contribution in [0.2, 0.25) is 5.02 Å². The minimum Gasteiger partial charge on any atom is -0.391 e. The molecule has 2 aromatic carbocycles. The predicted molar refractivity (Wildman–Crippen MR) is 143 cm³/mol. The maximum Gasteiger partial charge on any atom is 0.225 e. The zero-order chi connectivity index (χ0) is 25.7. The zero-order valence-electron chi connectivity index (χ0n) is 21.1. The van der Waals surface area contributed by atoms with Gasteiger partial charge < -0.3 is 25.6 Å². The van der Waals surface area contributed by atoms with E-state index in [1.54, 1.807) is 7.11 Å². The van der Waals surface area contributed by atoms with Crippen LogP contribution >= 0.6 is 11.6 Å². The number of unbranched alkanes of at least 4 members (excludes halogenated alkanes) is 1. The fourth-order valence-corrected chi connectivity index (χ4v) is 6.34. The number of nitrogens with zero attached hydrogens (tertiary/aromatic N) is 1. The Bertz CT molecular complexity index is 1010. The molecule has 0 bridgehead atoms. The van der Waals surface area contributed by atoms with Gasteiger partial charge in [-0.25, -0.2) is 0 Å². The van der Waals surface area contributed by atoms with Crippen LogP contribution in [-0.4, -0.2) is 60.0 Å². The highest BCUT2D eigenvalue weighted by molar-refractivity contribution is 6.33. The van der Waals surface area contributed by atoms with Crippen molar-refractivity contribution < 1.29 is 19.7 Å². The molecule has 1 saturated heterocycles. The molecule has 196 valence electrons. The second kappa shape index (κ2) is 12.1. The van der Waals surface area contributed by atoms with E-state index in [1.807, 2.05) is 53.4 Å². The first-order valence-corrected chi connectivity index (χ1v) is 13.5. The fourth-order valence-electron chi connectivity index (χ4n) is 6.06. The van der Waals surface area contributed by atoms with Gasteiger partial charge >= 0.3 is 0 Å². The van der Waals surface area contributed by atoms with E-state index in [0.717, 1.165) is 42.4 Å². The van der Waals surface area contributed by atoms with Crippen molar-refractivity contribution in [1.82, 2.24) is 4.90 Å². The third-order valence-corrected chi connectivity index (χ3v) is 8.35. The lowest BCUT2D eigenvalue weighted by Crippen LogP contribution is -2.49. The van der Waals surface area contributed by atoms with Gasteiger partial charge in [-0.15, -0.1) is 0 Å². The number of carbonyl (C=O) groups is 1. The number of aliphatic hydroxyl groups excluding tert-OH is 1. The number of benzene rings is 2. The molecule has 2 aliphatic rings. The fraction of sp³-hybridized carbons (Fsp3) is 0.552. The molecule has 0 aromatic heterocycles. The summed E-state index contributed by atoms with van der Waals surface area (Å²) in [6.07, 6.45) is 4.11. The number of amides is 1. The summed E-state index contributed by atoms with van der Waals surface area (Å²) in [5.74, 6) is -0.351. The molecule has 1 saturated carbocycles. The first-order valence-electron chi connectivity index (χ1n) is 13.1. The number of carbonyl (C=O) groups excluding carboxylic acids is 1. The number of halogens is 1. The lowest BCUT2D eigenvalue weighted by atomic mass is 9.72. The molecule has 36 heavy (non-hydrogen) atoms. The van der Waals surface area contributed by atoms with Gasteiger partial charge in [0.25, 0.3) is 0 Å². The zero-order valence-corrected chi connectivity index (χ0v) is 21.9. The van der Waals surface area contributed by atoms with Gasteiger partial charge in [-0.2, -0.15) is 0 Å². The molecule has 2 fully saturated rings. The molecule has 1 aliphatic carbocycles. The highest BCUT2D eigenvalue weighted by atomic mass is 35.5. The Morgan fingerprint density at radius 2 is 1.94 bits per heavy atom. The van der Waals surface area contributed by atoms with Crippen molar-refractivity contribution >= 4 is 17.5 Å². The van der Waals surface area contributed by atoms with Crippen molar-refractivity contribution in [3.63, 3.8) is 0 Å². The number of nitrogens with two attached hydrogens (primary N) is 1. The average molecular weight is 515 g/mol. The molecule has 0 radical (unpaired) electrons. The monoisotopic (exact) mass is 514 g/mol. The van der Waals surface area contributed by atoms with Crippen LogP contribution in [0.3, 0.4) is 0 Å². The third kappa shape index (κ3) is 5.79. The van der Waals surface area contributed by atoms with E-state index in [2.05, 4.69) is 0 Å². The molecule has 5 atom stereocenters. The van der Waals surface area contributed by atoms with Crippen molar-refractivity contribution in [2.75, 3.05) is 26.8 Å². The van der Waals surface area contributed by atoms with Crippen LogP contribution in [0.5, 0.6) is 0 Å². The van der Waals surface area contributed by atoms with Gasteiger partial charge in [0.15, 0.2) is 0 Å². The van der Waals surface area contributed by atoms with Gasteiger partial charge in [-0.1, -0.05) is 54.1 Å². The highest BCUT2D eigenvalue weighted by Crippen LogP contribution is 2.46. The Hall–Kier alpha value is -1.96. The van der Waals surface area contributed by atoms with Crippen LogP contribution in [0, 0.1) is 11.8 Å². The third-order valence-electron chi connectivity index (χ3n) is 8.03. The van der Waals surface area contributed by atoms with E-state index >= 15 is 0 Å². The smallest absolute Gasteiger partial charge is 0.225 e. The minimum atomic E-state index is -1.16. The molecule has 1 unspecified atom stereocenters. The second-order valence-electron chi connectivity index (χ2n) is 10.4. The van der Waals surface area contributed by atoms with Crippen molar-refractivity contribution in [2.45, 2.75) is 62.7 Å². The number of hydrogen-bond acceptors (Lipinski definition) is 5.